The lowest BCUT2D eigenvalue weighted by molar-refractivity contribution is 0.414. The van der Waals surface area contributed by atoms with Crippen LogP contribution in [0.25, 0.3) is 0 Å². The number of ether oxygens (including phenoxy) is 1. The summed E-state index contributed by atoms with van der Waals surface area (Å²) in [6.45, 7) is 2.91. The molecule has 0 aromatic heterocycles. The summed E-state index contributed by atoms with van der Waals surface area (Å²) in [7, 11) is 1.67. The first-order valence-electron chi connectivity index (χ1n) is 6.59. The summed E-state index contributed by atoms with van der Waals surface area (Å²) in [5.74, 6) is 0.869. The van der Waals surface area contributed by atoms with Crippen LogP contribution in [-0.4, -0.2) is 7.11 Å². The molecule has 2 rings (SSSR count). The van der Waals surface area contributed by atoms with Gasteiger partial charge in [-0.25, -0.2) is 0 Å². The van der Waals surface area contributed by atoms with Crippen molar-refractivity contribution in [2.45, 2.75) is 19.5 Å². The summed E-state index contributed by atoms with van der Waals surface area (Å²) < 4.78 is 5.14. The van der Waals surface area contributed by atoms with Crippen LogP contribution >= 0.6 is 0 Å². The molecule has 0 saturated heterocycles. The van der Waals surface area contributed by atoms with Crippen LogP contribution in [0.3, 0.4) is 0 Å². The number of hydrogen-bond donors (Lipinski definition) is 1. The largest absolute Gasteiger partial charge is 0.497 e. The number of nitrogens with one attached hydrogen (secondary N) is 1. The molecule has 0 spiro atoms. The topological polar surface area (TPSA) is 45.0 Å². The van der Waals surface area contributed by atoms with Crippen LogP contribution in [0.2, 0.25) is 0 Å². The first-order valence-corrected chi connectivity index (χ1v) is 6.59. The molecule has 3 nitrogen and oxygen atoms in total. The number of nitrogens with zero attached hydrogens (tertiary/aromatic N) is 1. The molecule has 2 aromatic carbocycles. The highest BCUT2D eigenvalue weighted by Crippen LogP contribution is 2.15. The lowest BCUT2D eigenvalue weighted by atomic mass is 10.1. The molecule has 0 aliphatic rings. The Bertz CT molecular complexity index is 582. The minimum Gasteiger partial charge on any atom is -0.497 e. The fraction of sp³-hybridized carbons (Fsp3) is 0.235. The van der Waals surface area contributed by atoms with Crippen LogP contribution in [0.1, 0.15) is 29.7 Å². The molecule has 1 atom stereocenters. The smallest absolute Gasteiger partial charge is 0.118 e. The van der Waals surface area contributed by atoms with Crippen LogP contribution in [0.15, 0.2) is 48.5 Å². The molecule has 20 heavy (non-hydrogen) atoms. The summed E-state index contributed by atoms with van der Waals surface area (Å²) in [5.41, 5.74) is 3.08. The summed E-state index contributed by atoms with van der Waals surface area (Å²) >= 11 is 0. The Kier molecular flexibility index (Phi) is 4.75. The van der Waals surface area contributed by atoms with E-state index in [0.717, 1.165) is 12.3 Å². The average Bonchev–Trinajstić information content (AvgIpc) is 2.53. The SMILES string of the molecule is COc1ccc(CN[C@@H](C)c2ccc(C#N)cc2)cc1. The van der Waals surface area contributed by atoms with E-state index in [-0.39, 0.29) is 6.04 Å². The number of rotatable bonds is 5. The van der Waals surface area contributed by atoms with E-state index < -0.39 is 0 Å². The van der Waals surface area contributed by atoms with E-state index in [0.29, 0.717) is 5.56 Å². The molecule has 1 N–H and O–H groups in total. The van der Waals surface area contributed by atoms with Crippen molar-refractivity contribution in [1.82, 2.24) is 5.32 Å². The molecule has 2 aromatic rings. The van der Waals surface area contributed by atoms with E-state index in [4.69, 9.17) is 10.00 Å². The van der Waals surface area contributed by atoms with Gasteiger partial charge in [-0.05, 0) is 42.3 Å². The maximum Gasteiger partial charge on any atom is 0.118 e. The van der Waals surface area contributed by atoms with Gasteiger partial charge in [-0.1, -0.05) is 24.3 Å². The number of methoxy groups -OCH3 is 1. The van der Waals surface area contributed by atoms with Crippen LogP contribution in [-0.2, 0) is 6.54 Å². The van der Waals surface area contributed by atoms with Crippen molar-refractivity contribution in [3.8, 4) is 11.8 Å². The van der Waals surface area contributed by atoms with Gasteiger partial charge in [0, 0.05) is 12.6 Å². The zero-order chi connectivity index (χ0) is 14.4. The molecule has 0 bridgehead atoms. The molecular formula is C17H18N2O. The monoisotopic (exact) mass is 266 g/mol. The highest BCUT2D eigenvalue weighted by molar-refractivity contribution is 5.33. The van der Waals surface area contributed by atoms with Crippen molar-refractivity contribution >= 4 is 0 Å². The molecule has 3 heteroatoms. The second-order valence-electron chi connectivity index (χ2n) is 4.68. The molecule has 0 unspecified atom stereocenters. The third-order valence-corrected chi connectivity index (χ3v) is 3.31. The lowest BCUT2D eigenvalue weighted by Gasteiger charge is -2.14. The molecule has 0 fully saturated rings. The molecule has 0 saturated carbocycles. The number of benzene rings is 2. The molecular weight excluding hydrogens is 248 g/mol. The second kappa shape index (κ2) is 6.74. The fourth-order valence-corrected chi connectivity index (χ4v) is 1.98. The van der Waals surface area contributed by atoms with E-state index in [1.54, 1.807) is 7.11 Å². The van der Waals surface area contributed by atoms with Crippen molar-refractivity contribution < 1.29 is 4.74 Å². The first-order chi connectivity index (χ1) is 9.72. The predicted molar refractivity (Wildman–Crippen MR) is 79.4 cm³/mol. The van der Waals surface area contributed by atoms with Crippen molar-refractivity contribution in [3.63, 3.8) is 0 Å². The summed E-state index contributed by atoms with van der Waals surface area (Å²) in [4.78, 5) is 0. The van der Waals surface area contributed by atoms with Crippen molar-refractivity contribution in [2.24, 2.45) is 0 Å². The van der Waals surface area contributed by atoms with Gasteiger partial charge in [-0.2, -0.15) is 5.26 Å². The molecule has 0 heterocycles. The normalized spacial score (nSPS) is 11.7. The Morgan fingerprint density at radius 1 is 1.10 bits per heavy atom. The standard InChI is InChI=1S/C17H18N2O/c1-13(16-7-3-14(11-18)4-8-16)19-12-15-5-9-17(20-2)10-6-15/h3-10,13,19H,12H2,1-2H3/t13-/m0/s1. The molecule has 0 amide bonds. The van der Waals surface area contributed by atoms with Crippen molar-refractivity contribution in [3.05, 3.63) is 65.2 Å². The fourth-order valence-electron chi connectivity index (χ4n) is 1.98. The highest BCUT2D eigenvalue weighted by Gasteiger charge is 2.05. The van der Waals surface area contributed by atoms with Gasteiger partial charge in [0.2, 0.25) is 0 Å². The average molecular weight is 266 g/mol. The third kappa shape index (κ3) is 3.59. The lowest BCUT2D eigenvalue weighted by Crippen LogP contribution is -2.17. The molecule has 0 aliphatic heterocycles. The van der Waals surface area contributed by atoms with Crippen LogP contribution in [0.4, 0.5) is 0 Å². The third-order valence-electron chi connectivity index (χ3n) is 3.31. The van der Waals surface area contributed by atoms with Gasteiger partial charge in [0.25, 0.3) is 0 Å². The van der Waals surface area contributed by atoms with Gasteiger partial charge in [-0.3, -0.25) is 0 Å². The maximum absolute atomic E-state index is 8.79. The Hall–Kier alpha value is -2.31. The summed E-state index contributed by atoms with van der Waals surface area (Å²) in [6.07, 6.45) is 0. The van der Waals surface area contributed by atoms with E-state index in [1.165, 1.54) is 11.1 Å². The van der Waals surface area contributed by atoms with Gasteiger partial charge in [0.1, 0.15) is 5.75 Å². The molecule has 102 valence electrons. The van der Waals surface area contributed by atoms with E-state index in [1.807, 2.05) is 36.4 Å². The Balaban J connectivity index is 1.93. The summed E-state index contributed by atoms with van der Waals surface area (Å²) in [5, 5.41) is 12.3. The number of hydrogen-bond acceptors (Lipinski definition) is 3. The Morgan fingerprint density at radius 2 is 1.75 bits per heavy atom. The quantitative estimate of drug-likeness (QED) is 0.902. The molecule has 0 radical (unpaired) electrons. The van der Waals surface area contributed by atoms with Gasteiger partial charge < -0.3 is 10.1 Å². The van der Waals surface area contributed by atoms with Crippen molar-refractivity contribution in [2.75, 3.05) is 7.11 Å². The van der Waals surface area contributed by atoms with E-state index in [9.17, 15) is 0 Å². The Morgan fingerprint density at radius 3 is 2.30 bits per heavy atom. The maximum atomic E-state index is 8.79. The van der Waals surface area contributed by atoms with Crippen LogP contribution < -0.4 is 10.1 Å². The first kappa shape index (κ1) is 14.1. The Labute approximate surface area is 119 Å². The van der Waals surface area contributed by atoms with Crippen LogP contribution in [0.5, 0.6) is 5.75 Å². The highest BCUT2D eigenvalue weighted by atomic mass is 16.5. The van der Waals surface area contributed by atoms with Crippen LogP contribution in [0, 0.1) is 11.3 Å². The summed E-state index contributed by atoms with van der Waals surface area (Å²) in [6, 6.07) is 18.1. The second-order valence-corrected chi connectivity index (χ2v) is 4.68. The molecule has 0 aliphatic carbocycles. The zero-order valence-corrected chi connectivity index (χ0v) is 11.8. The predicted octanol–water partition coefficient (Wildman–Crippen LogP) is 3.42. The zero-order valence-electron chi connectivity index (χ0n) is 11.8. The van der Waals surface area contributed by atoms with Gasteiger partial charge >= 0.3 is 0 Å². The van der Waals surface area contributed by atoms with E-state index >= 15 is 0 Å². The van der Waals surface area contributed by atoms with Crippen molar-refractivity contribution in [1.29, 1.82) is 5.26 Å². The van der Waals surface area contributed by atoms with E-state index in [2.05, 4.69) is 30.4 Å². The minimum atomic E-state index is 0.241. The minimum absolute atomic E-state index is 0.241. The van der Waals surface area contributed by atoms with Gasteiger partial charge in [0.15, 0.2) is 0 Å². The van der Waals surface area contributed by atoms with Gasteiger partial charge in [-0.15, -0.1) is 0 Å². The number of nitriles is 1. The van der Waals surface area contributed by atoms with Gasteiger partial charge in [0.05, 0.1) is 18.7 Å².